The first-order valence-electron chi connectivity index (χ1n) is 10.2. The molecule has 32 heavy (non-hydrogen) atoms. The molecule has 1 heterocycles. The molecule has 4 rings (SSSR count). The van der Waals surface area contributed by atoms with Crippen LogP contribution in [0.25, 0.3) is 21.7 Å². The van der Waals surface area contributed by atoms with Crippen molar-refractivity contribution in [3.05, 3.63) is 76.0 Å². The molecule has 0 spiro atoms. The molecular weight excluding hydrogens is 448 g/mol. The number of benzene rings is 3. The first kappa shape index (κ1) is 22.6. The van der Waals surface area contributed by atoms with Gasteiger partial charge in [0.2, 0.25) is 0 Å². The lowest BCUT2D eigenvalue weighted by molar-refractivity contribution is 0.126. The highest BCUT2D eigenvalue weighted by molar-refractivity contribution is 7.99. The van der Waals surface area contributed by atoms with Crippen molar-refractivity contribution < 1.29 is 14.6 Å². The Hall–Kier alpha value is -2.58. The van der Waals surface area contributed by atoms with Crippen molar-refractivity contribution in [1.29, 1.82) is 0 Å². The van der Waals surface area contributed by atoms with Crippen molar-refractivity contribution in [2.45, 2.75) is 17.8 Å². The van der Waals surface area contributed by atoms with Crippen molar-refractivity contribution in [1.82, 2.24) is 9.55 Å². The number of hydrogen-bond donors (Lipinski definition) is 1. The molecule has 0 saturated carbocycles. The Balaban J connectivity index is 1.46. The van der Waals surface area contributed by atoms with E-state index in [1.807, 2.05) is 42.5 Å². The summed E-state index contributed by atoms with van der Waals surface area (Å²) in [5, 5.41) is 14.2. The standard InChI is InChI=1S/C24H23ClN2O4S/c1-30-11-10-27-23(29)21-9-7-18(25)13-22(21)26-24(27)32-15-19(28)14-31-20-8-6-16-4-2-3-5-17(16)12-20/h2-9,12-13,19,28H,10-11,14-15H2,1H3. The van der Waals surface area contributed by atoms with Gasteiger partial charge >= 0.3 is 0 Å². The summed E-state index contributed by atoms with van der Waals surface area (Å²) in [6.07, 6.45) is -0.741. The molecule has 0 bridgehead atoms. The van der Waals surface area contributed by atoms with Crippen LogP contribution in [0.4, 0.5) is 0 Å². The monoisotopic (exact) mass is 470 g/mol. The molecule has 8 heteroatoms. The summed E-state index contributed by atoms with van der Waals surface area (Å²) in [6, 6.07) is 18.9. The van der Waals surface area contributed by atoms with Crippen LogP contribution < -0.4 is 10.3 Å². The van der Waals surface area contributed by atoms with Gasteiger partial charge in [-0.15, -0.1) is 0 Å². The summed E-state index contributed by atoms with van der Waals surface area (Å²) >= 11 is 7.38. The number of nitrogens with zero attached hydrogens (tertiary/aromatic N) is 2. The van der Waals surface area contributed by atoms with Gasteiger partial charge in [-0.25, -0.2) is 4.98 Å². The van der Waals surface area contributed by atoms with E-state index < -0.39 is 6.10 Å². The summed E-state index contributed by atoms with van der Waals surface area (Å²) in [5.41, 5.74) is 0.369. The Bertz CT molecular complexity index is 1290. The average molecular weight is 471 g/mol. The van der Waals surface area contributed by atoms with Crippen molar-refractivity contribution in [2.75, 3.05) is 26.1 Å². The van der Waals surface area contributed by atoms with E-state index in [1.165, 1.54) is 11.8 Å². The van der Waals surface area contributed by atoms with Gasteiger partial charge < -0.3 is 14.6 Å². The number of methoxy groups -OCH3 is 1. The number of aliphatic hydroxyl groups excluding tert-OH is 1. The van der Waals surface area contributed by atoms with Crippen molar-refractivity contribution in [3.8, 4) is 5.75 Å². The molecule has 0 radical (unpaired) electrons. The van der Waals surface area contributed by atoms with E-state index in [4.69, 9.17) is 21.1 Å². The molecular formula is C24H23ClN2O4S. The molecule has 0 fully saturated rings. The van der Waals surface area contributed by atoms with Crippen LogP contribution in [0, 0.1) is 0 Å². The number of hydrogen-bond acceptors (Lipinski definition) is 6. The third-order valence-corrected chi connectivity index (χ3v) is 6.33. The second-order valence-corrected chi connectivity index (χ2v) is 8.71. The molecule has 1 N–H and O–H groups in total. The van der Waals surface area contributed by atoms with Gasteiger partial charge in [-0.1, -0.05) is 53.7 Å². The zero-order valence-corrected chi connectivity index (χ0v) is 19.1. The fourth-order valence-electron chi connectivity index (χ4n) is 3.33. The van der Waals surface area contributed by atoms with Gasteiger partial charge in [0.05, 0.1) is 30.2 Å². The first-order valence-corrected chi connectivity index (χ1v) is 11.5. The zero-order chi connectivity index (χ0) is 22.5. The number of ether oxygens (including phenoxy) is 2. The molecule has 1 aromatic heterocycles. The number of aliphatic hydroxyl groups is 1. The maximum atomic E-state index is 13.0. The van der Waals surface area contributed by atoms with Gasteiger partial charge in [0.1, 0.15) is 12.4 Å². The van der Waals surface area contributed by atoms with Crippen LogP contribution >= 0.6 is 23.4 Å². The number of rotatable bonds is 9. The van der Waals surface area contributed by atoms with Crippen LogP contribution in [-0.4, -0.2) is 46.8 Å². The van der Waals surface area contributed by atoms with Gasteiger partial charge in [-0.05, 0) is 41.1 Å². The number of halogens is 1. The minimum Gasteiger partial charge on any atom is -0.491 e. The predicted molar refractivity (Wildman–Crippen MR) is 129 cm³/mol. The van der Waals surface area contributed by atoms with Crippen LogP contribution in [0.5, 0.6) is 5.75 Å². The Labute approximate surface area is 194 Å². The third kappa shape index (κ3) is 5.24. The van der Waals surface area contributed by atoms with E-state index in [1.54, 1.807) is 29.9 Å². The van der Waals surface area contributed by atoms with E-state index in [2.05, 4.69) is 4.98 Å². The van der Waals surface area contributed by atoms with Gasteiger partial charge in [0, 0.05) is 17.9 Å². The Morgan fingerprint density at radius 2 is 1.94 bits per heavy atom. The second-order valence-electron chi connectivity index (χ2n) is 7.29. The number of fused-ring (bicyclic) bond motifs is 2. The fraction of sp³-hybridized carbons (Fsp3) is 0.250. The van der Waals surface area contributed by atoms with Crippen molar-refractivity contribution >= 4 is 45.0 Å². The van der Waals surface area contributed by atoms with Gasteiger partial charge in [0.25, 0.3) is 5.56 Å². The molecule has 0 aliphatic rings. The lowest BCUT2D eigenvalue weighted by atomic mass is 10.1. The van der Waals surface area contributed by atoms with Gasteiger partial charge in [-0.2, -0.15) is 0 Å². The van der Waals surface area contributed by atoms with Crippen molar-refractivity contribution in [2.24, 2.45) is 0 Å². The molecule has 1 unspecified atom stereocenters. The molecule has 0 aliphatic heterocycles. The summed E-state index contributed by atoms with van der Waals surface area (Å²) in [4.78, 5) is 17.6. The molecule has 1 atom stereocenters. The highest BCUT2D eigenvalue weighted by atomic mass is 35.5. The van der Waals surface area contributed by atoms with E-state index in [0.29, 0.717) is 45.7 Å². The smallest absolute Gasteiger partial charge is 0.262 e. The molecule has 0 aliphatic carbocycles. The third-order valence-electron chi connectivity index (χ3n) is 4.97. The second kappa shape index (κ2) is 10.4. The van der Waals surface area contributed by atoms with Crippen molar-refractivity contribution in [3.63, 3.8) is 0 Å². The van der Waals surface area contributed by atoms with Crippen LogP contribution in [0.15, 0.2) is 70.6 Å². The van der Waals surface area contributed by atoms with Crippen LogP contribution in [0.1, 0.15) is 0 Å². The number of thioether (sulfide) groups is 1. The molecule has 3 aromatic carbocycles. The first-order chi connectivity index (χ1) is 15.5. The Morgan fingerprint density at radius 3 is 2.75 bits per heavy atom. The summed E-state index contributed by atoms with van der Waals surface area (Å²) < 4.78 is 12.5. The van der Waals surface area contributed by atoms with Gasteiger partial charge in [-0.3, -0.25) is 9.36 Å². The fourth-order valence-corrected chi connectivity index (χ4v) is 4.43. The summed E-state index contributed by atoms with van der Waals surface area (Å²) in [5.74, 6) is 1.02. The quantitative estimate of drug-likeness (QED) is 0.289. The maximum Gasteiger partial charge on any atom is 0.262 e. The van der Waals surface area contributed by atoms with E-state index >= 15 is 0 Å². The normalized spacial score (nSPS) is 12.3. The number of aromatic nitrogens is 2. The SMILES string of the molecule is COCCn1c(SCC(O)COc2ccc3ccccc3c2)nc2cc(Cl)ccc2c1=O. The lowest BCUT2D eigenvalue weighted by Gasteiger charge is -2.15. The minimum absolute atomic E-state index is 0.132. The van der Waals surface area contributed by atoms with E-state index in [-0.39, 0.29) is 12.2 Å². The zero-order valence-electron chi connectivity index (χ0n) is 17.5. The molecule has 0 amide bonds. The molecule has 0 saturated heterocycles. The highest BCUT2D eigenvalue weighted by Gasteiger charge is 2.14. The van der Waals surface area contributed by atoms with Gasteiger partial charge in [0.15, 0.2) is 5.16 Å². The predicted octanol–water partition coefficient (Wildman–Crippen LogP) is 4.38. The topological polar surface area (TPSA) is 73.6 Å². The largest absolute Gasteiger partial charge is 0.491 e. The molecule has 6 nitrogen and oxygen atoms in total. The van der Waals surface area contributed by atoms with Crippen LogP contribution in [-0.2, 0) is 11.3 Å². The summed E-state index contributed by atoms with van der Waals surface area (Å²) in [6.45, 7) is 0.877. The Morgan fingerprint density at radius 1 is 1.12 bits per heavy atom. The highest BCUT2D eigenvalue weighted by Crippen LogP contribution is 2.23. The lowest BCUT2D eigenvalue weighted by Crippen LogP contribution is -2.26. The molecule has 166 valence electrons. The van der Waals surface area contributed by atoms with E-state index in [0.717, 1.165) is 10.8 Å². The maximum absolute atomic E-state index is 13.0. The molecule has 4 aromatic rings. The Kier molecular flexibility index (Phi) is 7.32. The van der Waals surface area contributed by atoms with E-state index in [9.17, 15) is 9.90 Å². The van der Waals surface area contributed by atoms with Crippen LogP contribution in [0.2, 0.25) is 5.02 Å². The average Bonchev–Trinajstić information content (AvgIpc) is 2.80. The summed E-state index contributed by atoms with van der Waals surface area (Å²) in [7, 11) is 1.58. The van der Waals surface area contributed by atoms with Crippen LogP contribution in [0.3, 0.4) is 0 Å². The minimum atomic E-state index is -0.741.